The van der Waals surface area contributed by atoms with Crippen molar-refractivity contribution in [3.63, 3.8) is 0 Å². The predicted molar refractivity (Wildman–Crippen MR) is 109 cm³/mol. The smallest absolute Gasteiger partial charge is 0.411 e. The second-order valence-electron chi connectivity index (χ2n) is 7.82. The Morgan fingerprint density at radius 1 is 1.17 bits per heavy atom. The third-order valence-electron chi connectivity index (χ3n) is 4.44. The van der Waals surface area contributed by atoms with E-state index in [-0.39, 0.29) is 24.0 Å². The van der Waals surface area contributed by atoms with Crippen molar-refractivity contribution in [3.05, 3.63) is 23.4 Å². The third kappa shape index (κ3) is 4.84. The van der Waals surface area contributed by atoms with Crippen LogP contribution in [0.3, 0.4) is 0 Å². The summed E-state index contributed by atoms with van der Waals surface area (Å²) in [6, 6.07) is 4.38. The Morgan fingerprint density at radius 3 is 2.53 bits per heavy atom. The first kappa shape index (κ1) is 21.9. The zero-order chi connectivity index (χ0) is 22.1. The molecule has 1 fully saturated rings. The molecule has 2 atom stereocenters. The molecule has 0 saturated carbocycles. The summed E-state index contributed by atoms with van der Waals surface area (Å²) < 4.78 is 21.4. The number of halogens is 1. The molecule has 9 nitrogen and oxygen atoms in total. The van der Waals surface area contributed by atoms with Gasteiger partial charge in [0.2, 0.25) is 0 Å². The Hall–Kier alpha value is -2.81. The van der Waals surface area contributed by atoms with E-state index in [9.17, 15) is 9.59 Å². The highest BCUT2D eigenvalue weighted by molar-refractivity contribution is 6.31. The summed E-state index contributed by atoms with van der Waals surface area (Å²) in [5.74, 6) is 0.178. The van der Waals surface area contributed by atoms with Crippen LogP contribution in [0.1, 0.15) is 27.2 Å². The first-order valence-corrected chi connectivity index (χ1v) is 9.74. The number of methoxy groups -OCH3 is 2. The van der Waals surface area contributed by atoms with E-state index in [0.717, 1.165) is 0 Å². The summed E-state index contributed by atoms with van der Waals surface area (Å²) in [5, 5.41) is 0.0815. The lowest BCUT2D eigenvalue weighted by Crippen LogP contribution is -2.44. The van der Waals surface area contributed by atoms with Crippen LogP contribution in [0.15, 0.2) is 18.2 Å². The second kappa shape index (κ2) is 8.51. The zero-order valence-electron chi connectivity index (χ0n) is 17.5. The van der Waals surface area contributed by atoms with Gasteiger partial charge in [0.1, 0.15) is 23.5 Å². The SMILES string of the molecule is COC(=O)C1CC(Oc2nc3cc(OC)ccc3nc2Cl)CN1C(=O)OC(C)(C)C. The number of benzene rings is 1. The fraction of sp³-hybridized carbons (Fsp3) is 0.500. The minimum absolute atomic E-state index is 0.0815. The van der Waals surface area contributed by atoms with Gasteiger partial charge in [0, 0.05) is 12.5 Å². The minimum Gasteiger partial charge on any atom is -0.497 e. The van der Waals surface area contributed by atoms with Gasteiger partial charge in [-0.05, 0) is 32.9 Å². The van der Waals surface area contributed by atoms with Crippen molar-refractivity contribution in [2.75, 3.05) is 20.8 Å². The highest BCUT2D eigenvalue weighted by atomic mass is 35.5. The lowest BCUT2D eigenvalue weighted by Gasteiger charge is -2.27. The van der Waals surface area contributed by atoms with E-state index in [1.54, 1.807) is 46.1 Å². The van der Waals surface area contributed by atoms with Crippen LogP contribution in [0.4, 0.5) is 4.79 Å². The third-order valence-corrected chi connectivity index (χ3v) is 4.69. The molecule has 0 N–H and O–H groups in total. The van der Waals surface area contributed by atoms with Crippen LogP contribution in [0.25, 0.3) is 11.0 Å². The maximum Gasteiger partial charge on any atom is 0.411 e. The van der Waals surface area contributed by atoms with Crippen molar-refractivity contribution in [2.45, 2.75) is 44.9 Å². The van der Waals surface area contributed by atoms with E-state index in [0.29, 0.717) is 16.8 Å². The van der Waals surface area contributed by atoms with Crippen LogP contribution < -0.4 is 9.47 Å². The number of hydrogen-bond acceptors (Lipinski definition) is 8. The lowest BCUT2D eigenvalue weighted by atomic mass is 10.2. The van der Waals surface area contributed by atoms with Crippen molar-refractivity contribution in [3.8, 4) is 11.6 Å². The van der Waals surface area contributed by atoms with Gasteiger partial charge in [-0.25, -0.2) is 19.6 Å². The van der Waals surface area contributed by atoms with Crippen molar-refractivity contribution in [1.82, 2.24) is 14.9 Å². The predicted octanol–water partition coefficient (Wildman–Crippen LogP) is 3.22. The topological polar surface area (TPSA) is 100 Å². The Morgan fingerprint density at radius 2 is 1.90 bits per heavy atom. The van der Waals surface area contributed by atoms with Gasteiger partial charge in [0.05, 0.1) is 31.8 Å². The van der Waals surface area contributed by atoms with E-state index < -0.39 is 29.8 Å². The molecule has 0 bridgehead atoms. The molecule has 1 aromatic heterocycles. The Bertz CT molecular complexity index is 961. The van der Waals surface area contributed by atoms with Crippen LogP contribution in [0, 0.1) is 0 Å². The van der Waals surface area contributed by atoms with E-state index in [2.05, 4.69) is 9.97 Å². The average molecular weight is 438 g/mol. The molecule has 0 radical (unpaired) electrons. The summed E-state index contributed by atoms with van der Waals surface area (Å²) in [6.07, 6.45) is -0.957. The molecule has 162 valence electrons. The van der Waals surface area contributed by atoms with Crippen molar-refractivity contribution in [2.24, 2.45) is 0 Å². The van der Waals surface area contributed by atoms with Crippen LogP contribution in [0.5, 0.6) is 11.6 Å². The molecule has 1 amide bonds. The maximum absolute atomic E-state index is 12.6. The largest absolute Gasteiger partial charge is 0.497 e. The molecule has 10 heteroatoms. The molecule has 2 heterocycles. The van der Waals surface area contributed by atoms with Crippen molar-refractivity contribution in [1.29, 1.82) is 0 Å². The number of aromatic nitrogens is 2. The van der Waals surface area contributed by atoms with E-state index >= 15 is 0 Å². The molecule has 2 unspecified atom stereocenters. The summed E-state index contributed by atoms with van der Waals surface area (Å²) >= 11 is 6.24. The van der Waals surface area contributed by atoms with Gasteiger partial charge in [-0.15, -0.1) is 0 Å². The molecule has 3 rings (SSSR count). The molecule has 0 spiro atoms. The first-order chi connectivity index (χ1) is 14.1. The quantitative estimate of drug-likeness (QED) is 0.672. The summed E-state index contributed by atoms with van der Waals surface area (Å²) in [6.45, 7) is 5.37. The Balaban J connectivity index is 1.83. The number of carbonyl (C=O) groups excluding carboxylic acids is 2. The number of esters is 1. The van der Waals surface area contributed by atoms with Crippen molar-refractivity contribution < 1.29 is 28.5 Å². The molecule has 1 aromatic carbocycles. The lowest BCUT2D eigenvalue weighted by molar-refractivity contribution is -0.145. The Kier molecular flexibility index (Phi) is 6.21. The molecule has 2 aromatic rings. The Labute approximate surface area is 179 Å². The zero-order valence-corrected chi connectivity index (χ0v) is 18.2. The maximum atomic E-state index is 12.6. The molecule has 0 aliphatic carbocycles. The molecule has 30 heavy (non-hydrogen) atoms. The van der Waals surface area contributed by atoms with Crippen LogP contribution in [-0.2, 0) is 14.3 Å². The minimum atomic E-state index is -0.831. The van der Waals surface area contributed by atoms with Crippen LogP contribution in [0.2, 0.25) is 5.15 Å². The summed E-state index contributed by atoms with van der Waals surface area (Å²) in [4.78, 5) is 34.8. The first-order valence-electron chi connectivity index (χ1n) is 9.36. The summed E-state index contributed by atoms with van der Waals surface area (Å²) in [7, 11) is 2.82. The van der Waals surface area contributed by atoms with Gasteiger partial charge in [-0.2, -0.15) is 0 Å². The van der Waals surface area contributed by atoms with Gasteiger partial charge >= 0.3 is 12.1 Å². The fourth-order valence-electron chi connectivity index (χ4n) is 3.12. The number of carbonyl (C=O) groups is 2. The van der Waals surface area contributed by atoms with Gasteiger partial charge in [0.15, 0.2) is 5.15 Å². The average Bonchev–Trinajstić information content (AvgIpc) is 3.10. The van der Waals surface area contributed by atoms with Crippen LogP contribution in [-0.4, -0.2) is 65.4 Å². The number of likely N-dealkylation sites (tertiary alicyclic amines) is 1. The van der Waals surface area contributed by atoms with E-state index in [4.69, 9.17) is 30.5 Å². The van der Waals surface area contributed by atoms with Gasteiger partial charge in [0.25, 0.3) is 5.88 Å². The van der Waals surface area contributed by atoms with Gasteiger partial charge in [-0.1, -0.05) is 11.6 Å². The molecule has 1 aliphatic heterocycles. The van der Waals surface area contributed by atoms with E-state index in [1.165, 1.54) is 12.0 Å². The highest BCUT2D eigenvalue weighted by Gasteiger charge is 2.43. The number of hydrogen-bond donors (Lipinski definition) is 0. The van der Waals surface area contributed by atoms with Crippen molar-refractivity contribution >= 4 is 34.7 Å². The van der Waals surface area contributed by atoms with E-state index in [1.807, 2.05) is 0 Å². The molecular weight excluding hydrogens is 414 g/mol. The number of ether oxygens (including phenoxy) is 4. The second-order valence-corrected chi connectivity index (χ2v) is 8.18. The highest BCUT2D eigenvalue weighted by Crippen LogP contribution is 2.30. The van der Waals surface area contributed by atoms with Crippen LogP contribution >= 0.6 is 11.6 Å². The normalized spacial score (nSPS) is 18.9. The molecule has 1 saturated heterocycles. The van der Waals surface area contributed by atoms with Gasteiger partial charge < -0.3 is 18.9 Å². The number of fused-ring (bicyclic) bond motifs is 1. The monoisotopic (exact) mass is 437 g/mol. The number of amides is 1. The number of nitrogens with zero attached hydrogens (tertiary/aromatic N) is 3. The molecule has 1 aliphatic rings. The summed E-state index contributed by atoms with van der Waals surface area (Å²) in [5.41, 5.74) is 0.422. The van der Waals surface area contributed by atoms with Gasteiger partial charge in [-0.3, -0.25) is 4.90 Å². The standard InChI is InChI=1S/C20H24ClN3O6/c1-20(2,3)30-19(26)24-10-12(9-15(24)18(25)28-5)29-17-16(21)22-13-7-6-11(27-4)8-14(13)23-17/h6-8,12,15H,9-10H2,1-5H3. The molecular formula is C20H24ClN3O6. The number of rotatable bonds is 4. The fourth-order valence-corrected chi connectivity index (χ4v) is 3.30.